The van der Waals surface area contributed by atoms with E-state index in [1.54, 1.807) is 12.1 Å². The maximum atomic E-state index is 13.6. The molecule has 6 nitrogen and oxygen atoms in total. The third kappa shape index (κ3) is 7.04. The van der Waals surface area contributed by atoms with Crippen molar-refractivity contribution in [3.05, 3.63) is 108 Å². The number of anilines is 1. The maximum absolute atomic E-state index is 13.6. The van der Waals surface area contributed by atoms with E-state index in [1.807, 2.05) is 71.5 Å². The number of hydrogen-bond donors (Lipinski definition) is 2. The SMILES string of the molecule is O=C(CSCC(=O)Nc1ccccc1F)NCc1cn(Cc2ccccc2)nc1-c1ccccc1. The third-order valence-electron chi connectivity index (χ3n) is 5.16. The zero-order valence-corrected chi connectivity index (χ0v) is 19.8. The first-order valence-electron chi connectivity index (χ1n) is 11.1. The number of hydrogen-bond acceptors (Lipinski definition) is 4. The number of amides is 2. The molecule has 2 N–H and O–H groups in total. The first-order valence-corrected chi connectivity index (χ1v) is 12.3. The molecule has 3 aromatic carbocycles. The molecule has 178 valence electrons. The number of carbonyl (C=O) groups excluding carboxylic acids is 2. The Kier molecular flexibility index (Phi) is 8.30. The number of aromatic nitrogens is 2. The summed E-state index contributed by atoms with van der Waals surface area (Å²) < 4.78 is 15.5. The van der Waals surface area contributed by atoms with E-state index in [2.05, 4.69) is 10.6 Å². The summed E-state index contributed by atoms with van der Waals surface area (Å²) >= 11 is 1.17. The van der Waals surface area contributed by atoms with Crippen LogP contribution in [0.25, 0.3) is 11.3 Å². The molecule has 0 fully saturated rings. The molecule has 4 aromatic rings. The van der Waals surface area contributed by atoms with E-state index < -0.39 is 5.82 Å². The standard InChI is InChI=1S/C27H25FN4O2S/c28-23-13-7-8-14-24(23)30-26(34)19-35-18-25(33)29-15-22-17-32(16-20-9-3-1-4-10-20)31-27(22)21-11-5-2-6-12-21/h1-14,17H,15-16,18-19H2,(H,29,33)(H,30,34). The number of thioether (sulfide) groups is 1. The molecule has 0 aliphatic rings. The summed E-state index contributed by atoms with van der Waals surface area (Å²) in [5, 5.41) is 10.2. The average Bonchev–Trinajstić information content (AvgIpc) is 3.28. The Morgan fingerprint density at radius 3 is 2.26 bits per heavy atom. The van der Waals surface area contributed by atoms with Crippen LogP contribution in [0.2, 0.25) is 0 Å². The van der Waals surface area contributed by atoms with E-state index in [1.165, 1.54) is 23.9 Å². The highest BCUT2D eigenvalue weighted by Gasteiger charge is 2.13. The van der Waals surface area contributed by atoms with Crippen molar-refractivity contribution < 1.29 is 14.0 Å². The predicted octanol–water partition coefficient (Wildman–Crippen LogP) is 4.73. The van der Waals surface area contributed by atoms with Gasteiger partial charge >= 0.3 is 0 Å². The molecule has 0 saturated heterocycles. The van der Waals surface area contributed by atoms with E-state index in [-0.39, 0.29) is 29.0 Å². The Labute approximate surface area is 207 Å². The van der Waals surface area contributed by atoms with Crippen LogP contribution in [-0.2, 0) is 22.7 Å². The summed E-state index contributed by atoms with van der Waals surface area (Å²) in [7, 11) is 0. The summed E-state index contributed by atoms with van der Waals surface area (Å²) in [5.41, 5.74) is 3.96. The molecule has 1 aromatic heterocycles. The lowest BCUT2D eigenvalue weighted by molar-refractivity contribution is -0.118. The van der Waals surface area contributed by atoms with Crippen LogP contribution >= 0.6 is 11.8 Å². The van der Waals surface area contributed by atoms with Gasteiger partial charge in [-0.3, -0.25) is 14.3 Å². The molecule has 0 spiro atoms. The fraction of sp³-hybridized carbons (Fsp3) is 0.148. The van der Waals surface area contributed by atoms with Gasteiger partial charge in [0, 0.05) is 23.9 Å². The van der Waals surface area contributed by atoms with Gasteiger partial charge in [-0.2, -0.15) is 5.10 Å². The molecule has 0 aliphatic heterocycles. The summed E-state index contributed by atoms with van der Waals surface area (Å²) in [6, 6.07) is 25.9. The summed E-state index contributed by atoms with van der Waals surface area (Å²) in [4.78, 5) is 24.4. The first kappa shape index (κ1) is 24.2. The number of para-hydroxylation sites is 1. The monoisotopic (exact) mass is 488 g/mol. The average molecular weight is 489 g/mol. The molecule has 35 heavy (non-hydrogen) atoms. The number of nitrogens with one attached hydrogen (secondary N) is 2. The van der Waals surface area contributed by atoms with Crippen LogP contribution in [0.4, 0.5) is 10.1 Å². The van der Waals surface area contributed by atoms with Crippen molar-refractivity contribution in [2.75, 3.05) is 16.8 Å². The lowest BCUT2D eigenvalue weighted by Crippen LogP contribution is -2.25. The van der Waals surface area contributed by atoms with E-state index in [9.17, 15) is 14.0 Å². The topological polar surface area (TPSA) is 76.0 Å². The van der Waals surface area contributed by atoms with Gasteiger partial charge in [0.1, 0.15) is 5.82 Å². The second kappa shape index (κ2) is 12.0. The van der Waals surface area contributed by atoms with Crippen molar-refractivity contribution in [1.29, 1.82) is 0 Å². The maximum Gasteiger partial charge on any atom is 0.234 e. The van der Waals surface area contributed by atoms with Crippen molar-refractivity contribution in [1.82, 2.24) is 15.1 Å². The molecule has 0 radical (unpaired) electrons. The van der Waals surface area contributed by atoms with Crippen LogP contribution in [0.1, 0.15) is 11.1 Å². The number of halogens is 1. The smallest absolute Gasteiger partial charge is 0.234 e. The molecule has 1 heterocycles. The highest BCUT2D eigenvalue weighted by atomic mass is 32.2. The second-order valence-corrected chi connectivity index (χ2v) is 8.84. The molecule has 4 rings (SSSR count). The Bertz CT molecular complexity index is 1280. The second-order valence-electron chi connectivity index (χ2n) is 7.85. The molecule has 0 aliphatic carbocycles. The highest BCUT2D eigenvalue weighted by Crippen LogP contribution is 2.22. The number of carbonyl (C=O) groups is 2. The van der Waals surface area contributed by atoms with Gasteiger partial charge in [0.2, 0.25) is 11.8 Å². The summed E-state index contributed by atoms with van der Waals surface area (Å²) in [5.74, 6) is -0.884. The normalized spacial score (nSPS) is 10.7. The van der Waals surface area contributed by atoms with E-state index in [4.69, 9.17) is 5.10 Å². The Balaban J connectivity index is 1.32. The largest absolute Gasteiger partial charge is 0.351 e. The fourth-order valence-corrected chi connectivity index (χ4v) is 4.16. The van der Waals surface area contributed by atoms with Crippen LogP contribution < -0.4 is 10.6 Å². The Morgan fingerprint density at radius 1 is 0.857 bits per heavy atom. The zero-order chi connectivity index (χ0) is 24.5. The molecule has 8 heteroatoms. The van der Waals surface area contributed by atoms with Crippen LogP contribution in [0, 0.1) is 5.82 Å². The van der Waals surface area contributed by atoms with Crippen molar-refractivity contribution in [3.8, 4) is 11.3 Å². The minimum atomic E-state index is -0.495. The highest BCUT2D eigenvalue weighted by molar-refractivity contribution is 8.00. The van der Waals surface area contributed by atoms with Crippen LogP contribution in [0.3, 0.4) is 0 Å². The van der Waals surface area contributed by atoms with Crippen LogP contribution in [0.5, 0.6) is 0 Å². The van der Waals surface area contributed by atoms with E-state index >= 15 is 0 Å². The van der Waals surface area contributed by atoms with Gasteiger partial charge in [0.15, 0.2) is 0 Å². The van der Waals surface area contributed by atoms with E-state index in [0.717, 1.165) is 22.4 Å². The van der Waals surface area contributed by atoms with Crippen molar-refractivity contribution >= 4 is 29.3 Å². The number of benzene rings is 3. The minimum Gasteiger partial charge on any atom is -0.351 e. The van der Waals surface area contributed by atoms with Crippen molar-refractivity contribution in [2.24, 2.45) is 0 Å². The van der Waals surface area contributed by atoms with Gasteiger partial charge in [-0.15, -0.1) is 11.8 Å². The number of nitrogens with zero attached hydrogens (tertiary/aromatic N) is 2. The molecular weight excluding hydrogens is 463 g/mol. The van der Waals surface area contributed by atoms with Gasteiger partial charge in [0.05, 0.1) is 29.4 Å². The van der Waals surface area contributed by atoms with Gasteiger partial charge < -0.3 is 10.6 Å². The molecular formula is C27H25FN4O2S. The first-order chi connectivity index (χ1) is 17.1. The third-order valence-corrected chi connectivity index (χ3v) is 6.09. The summed E-state index contributed by atoms with van der Waals surface area (Å²) in [6.07, 6.45) is 1.95. The predicted molar refractivity (Wildman–Crippen MR) is 137 cm³/mol. The van der Waals surface area contributed by atoms with E-state index in [0.29, 0.717) is 13.1 Å². The quantitative estimate of drug-likeness (QED) is 0.339. The van der Waals surface area contributed by atoms with Gasteiger partial charge in [0.25, 0.3) is 0 Å². The Hall–Kier alpha value is -3.91. The molecule has 0 bridgehead atoms. The number of rotatable bonds is 10. The molecule has 0 atom stereocenters. The zero-order valence-electron chi connectivity index (χ0n) is 19.0. The van der Waals surface area contributed by atoms with Gasteiger partial charge in [-0.05, 0) is 17.7 Å². The Morgan fingerprint density at radius 2 is 1.51 bits per heavy atom. The van der Waals surface area contributed by atoms with Crippen molar-refractivity contribution in [3.63, 3.8) is 0 Å². The minimum absolute atomic E-state index is 0.0476. The lowest BCUT2D eigenvalue weighted by atomic mass is 10.1. The summed E-state index contributed by atoms with van der Waals surface area (Å²) in [6.45, 7) is 0.946. The van der Waals surface area contributed by atoms with Gasteiger partial charge in [-0.25, -0.2) is 4.39 Å². The van der Waals surface area contributed by atoms with Crippen LogP contribution in [0.15, 0.2) is 91.1 Å². The fourth-order valence-electron chi connectivity index (χ4n) is 3.51. The molecule has 2 amide bonds. The molecule has 0 saturated carbocycles. The molecule has 0 unspecified atom stereocenters. The van der Waals surface area contributed by atoms with Gasteiger partial charge in [-0.1, -0.05) is 72.8 Å². The van der Waals surface area contributed by atoms with Crippen LogP contribution in [-0.4, -0.2) is 33.1 Å². The van der Waals surface area contributed by atoms with Crippen molar-refractivity contribution in [2.45, 2.75) is 13.1 Å². The lowest BCUT2D eigenvalue weighted by Gasteiger charge is -2.07.